The van der Waals surface area contributed by atoms with E-state index in [9.17, 15) is 35.2 Å². The average molecular weight is 401 g/mol. The number of hydrogen-bond donors (Lipinski definition) is 0. The Morgan fingerprint density at radius 3 is 1.92 bits per heavy atom. The van der Waals surface area contributed by atoms with Crippen molar-refractivity contribution in [3.05, 3.63) is 29.1 Å². The van der Waals surface area contributed by atoms with Gasteiger partial charge in [0.15, 0.2) is 28.2 Å². The molecule has 0 unspecified atom stereocenters. The van der Waals surface area contributed by atoms with Crippen molar-refractivity contribution < 1.29 is 39.9 Å². The number of carbonyl (C=O) groups excluding carboxylic acids is 1. The SMILES string of the molecule is CC(C)(C)OC(=O)[C@H]1CCCN1S(=O)(=O)c1c(F)c(F)c(F)c(F)c1F. The number of benzene rings is 1. The second-order valence-corrected chi connectivity index (χ2v) is 8.53. The van der Waals surface area contributed by atoms with Crippen LogP contribution in [-0.2, 0) is 19.6 Å². The Bertz CT molecular complexity index is 822. The molecule has 0 radical (unpaired) electrons. The predicted octanol–water partition coefficient (Wildman–Crippen LogP) is 2.88. The minimum absolute atomic E-state index is 0.0104. The Hall–Kier alpha value is -1.75. The fourth-order valence-corrected chi connectivity index (χ4v) is 4.32. The summed E-state index contributed by atoms with van der Waals surface area (Å²) >= 11 is 0. The molecule has 1 heterocycles. The lowest BCUT2D eigenvalue weighted by Crippen LogP contribution is -2.44. The van der Waals surface area contributed by atoms with Crippen LogP contribution in [-0.4, -0.2) is 36.9 Å². The van der Waals surface area contributed by atoms with Crippen LogP contribution in [0.4, 0.5) is 22.0 Å². The van der Waals surface area contributed by atoms with Gasteiger partial charge in [-0.1, -0.05) is 0 Å². The highest BCUT2D eigenvalue weighted by Crippen LogP contribution is 2.33. The summed E-state index contributed by atoms with van der Waals surface area (Å²) < 4.78 is 98.3. The van der Waals surface area contributed by atoms with Crippen molar-refractivity contribution in [3.63, 3.8) is 0 Å². The molecular weight excluding hydrogens is 385 g/mol. The number of halogens is 5. The van der Waals surface area contributed by atoms with E-state index in [0.29, 0.717) is 4.31 Å². The fourth-order valence-electron chi connectivity index (χ4n) is 2.56. The molecule has 0 N–H and O–H groups in total. The molecule has 5 nitrogen and oxygen atoms in total. The van der Waals surface area contributed by atoms with Gasteiger partial charge in [0.1, 0.15) is 11.6 Å². The van der Waals surface area contributed by atoms with Crippen LogP contribution in [0.2, 0.25) is 0 Å². The van der Waals surface area contributed by atoms with Gasteiger partial charge in [0, 0.05) is 6.54 Å². The van der Waals surface area contributed by atoms with E-state index in [0.717, 1.165) is 0 Å². The van der Waals surface area contributed by atoms with Gasteiger partial charge in [-0.3, -0.25) is 4.79 Å². The maximum absolute atomic E-state index is 13.9. The quantitative estimate of drug-likeness (QED) is 0.338. The minimum Gasteiger partial charge on any atom is -0.459 e. The summed E-state index contributed by atoms with van der Waals surface area (Å²) in [5, 5.41) is 0. The van der Waals surface area contributed by atoms with Crippen molar-refractivity contribution >= 4 is 16.0 Å². The first-order valence-electron chi connectivity index (χ1n) is 7.55. The van der Waals surface area contributed by atoms with E-state index in [1.807, 2.05) is 0 Å². The molecule has 0 bridgehead atoms. The predicted molar refractivity (Wildman–Crippen MR) is 79.0 cm³/mol. The highest BCUT2D eigenvalue weighted by atomic mass is 32.2. The van der Waals surface area contributed by atoms with Gasteiger partial charge in [-0.25, -0.2) is 30.4 Å². The van der Waals surface area contributed by atoms with E-state index < -0.39 is 61.6 Å². The standard InChI is InChI=1S/C15H16F5NO4S/c1-15(2,3)25-14(22)7-5-4-6-21(7)26(23,24)13-11(19)9(17)8(16)10(18)12(13)20/h7H,4-6H2,1-3H3/t7-/m1/s1. The number of hydrogen-bond acceptors (Lipinski definition) is 4. The first-order valence-corrected chi connectivity index (χ1v) is 8.99. The maximum atomic E-state index is 13.9. The van der Waals surface area contributed by atoms with Gasteiger partial charge < -0.3 is 4.74 Å². The topological polar surface area (TPSA) is 63.7 Å². The summed E-state index contributed by atoms with van der Waals surface area (Å²) in [6.07, 6.45) is 0.141. The van der Waals surface area contributed by atoms with Crippen LogP contribution in [0.1, 0.15) is 33.6 Å². The molecule has 26 heavy (non-hydrogen) atoms. The van der Waals surface area contributed by atoms with Gasteiger partial charge in [0.25, 0.3) is 0 Å². The van der Waals surface area contributed by atoms with Gasteiger partial charge in [-0.15, -0.1) is 0 Å². The van der Waals surface area contributed by atoms with Crippen LogP contribution in [0, 0.1) is 29.1 Å². The second-order valence-electron chi connectivity index (χ2n) is 6.71. The van der Waals surface area contributed by atoms with Crippen LogP contribution in [0.5, 0.6) is 0 Å². The lowest BCUT2D eigenvalue weighted by molar-refractivity contribution is -0.158. The number of esters is 1. The lowest BCUT2D eigenvalue weighted by Gasteiger charge is -2.27. The molecular formula is C15H16F5NO4S. The Balaban J connectivity index is 2.53. The summed E-state index contributed by atoms with van der Waals surface area (Å²) in [4.78, 5) is 10.2. The summed E-state index contributed by atoms with van der Waals surface area (Å²) in [5.74, 6) is -13.1. The number of carbonyl (C=O) groups is 1. The smallest absolute Gasteiger partial charge is 0.324 e. The number of sulfonamides is 1. The molecule has 146 valence electrons. The van der Waals surface area contributed by atoms with E-state index in [1.54, 1.807) is 0 Å². The normalized spacial score (nSPS) is 19.0. The van der Waals surface area contributed by atoms with Gasteiger partial charge in [-0.05, 0) is 33.6 Å². The van der Waals surface area contributed by atoms with Crippen LogP contribution in [0.3, 0.4) is 0 Å². The summed E-state index contributed by atoms with van der Waals surface area (Å²) in [5.41, 5.74) is -0.959. The molecule has 11 heteroatoms. The van der Waals surface area contributed by atoms with Crippen molar-refractivity contribution in [2.24, 2.45) is 0 Å². The molecule has 1 aliphatic heterocycles. The van der Waals surface area contributed by atoms with E-state index in [4.69, 9.17) is 4.74 Å². The molecule has 1 fully saturated rings. The zero-order valence-corrected chi connectivity index (χ0v) is 14.9. The van der Waals surface area contributed by atoms with Crippen LogP contribution < -0.4 is 0 Å². The zero-order chi connectivity index (χ0) is 20.0. The Morgan fingerprint density at radius 1 is 1.00 bits per heavy atom. The average Bonchev–Trinajstić information content (AvgIpc) is 3.00. The molecule has 1 aromatic rings. The van der Waals surface area contributed by atoms with Gasteiger partial charge in [0.05, 0.1) is 0 Å². The molecule has 1 aliphatic rings. The molecule has 0 aromatic heterocycles. The zero-order valence-electron chi connectivity index (χ0n) is 14.1. The number of nitrogens with zero attached hydrogens (tertiary/aromatic N) is 1. The molecule has 0 aliphatic carbocycles. The third-order valence-electron chi connectivity index (χ3n) is 3.62. The monoisotopic (exact) mass is 401 g/mol. The third-order valence-corrected chi connectivity index (χ3v) is 5.55. The third kappa shape index (κ3) is 3.54. The fraction of sp³-hybridized carbons (Fsp3) is 0.533. The molecule has 2 rings (SSSR count). The van der Waals surface area contributed by atoms with E-state index in [1.165, 1.54) is 20.8 Å². The van der Waals surface area contributed by atoms with E-state index in [2.05, 4.69) is 0 Å². The largest absolute Gasteiger partial charge is 0.459 e. The van der Waals surface area contributed by atoms with E-state index in [-0.39, 0.29) is 19.4 Å². The van der Waals surface area contributed by atoms with Crippen molar-refractivity contribution in [1.29, 1.82) is 0 Å². The summed E-state index contributed by atoms with van der Waals surface area (Å²) in [7, 11) is -5.18. The molecule has 1 saturated heterocycles. The van der Waals surface area contributed by atoms with Crippen LogP contribution >= 0.6 is 0 Å². The molecule has 0 spiro atoms. The van der Waals surface area contributed by atoms with E-state index >= 15 is 0 Å². The van der Waals surface area contributed by atoms with Crippen molar-refractivity contribution in [1.82, 2.24) is 4.31 Å². The Morgan fingerprint density at radius 2 is 1.46 bits per heavy atom. The lowest BCUT2D eigenvalue weighted by atomic mass is 10.2. The Kier molecular flexibility index (Phi) is 5.35. The minimum atomic E-state index is -5.18. The van der Waals surface area contributed by atoms with Crippen molar-refractivity contribution in [2.45, 2.75) is 50.2 Å². The second kappa shape index (κ2) is 6.76. The van der Waals surface area contributed by atoms with Gasteiger partial charge in [-0.2, -0.15) is 4.31 Å². The van der Waals surface area contributed by atoms with Crippen LogP contribution in [0.15, 0.2) is 4.90 Å². The number of ether oxygens (including phenoxy) is 1. The summed E-state index contributed by atoms with van der Waals surface area (Å²) in [6.45, 7) is 4.26. The molecule has 1 atom stereocenters. The summed E-state index contributed by atoms with van der Waals surface area (Å²) in [6, 6.07) is -1.42. The molecule has 0 amide bonds. The first-order chi connectivity index (χ1) is 11.8. The number of rotatable bonds is 3. The van der Waals surface area contributed by atoms with Gasteiger partial charge >= 0.3 is 5.97 Å². The highest BCUT2D eigenvalue weighted by Gasteiger charge is 2.45. The van der Waals surface area contributed by atoms with Crippen molar-refractivity contribution in [3.8, 4) is 0 Å². The Labute approximate surface area is 146 Å². The molecule has 0 saturated carbocycles. The van der Waals surface area contributed by atoms with Crippen LogP contribution in [0.25, 0.3) is 0 Å². The van der Waals surface area contributed by atoms with Crippen molar-refractivity contribution in [2.75, 3.05) is 6.54 Å². The van der Waals surface area contributed by atoms with Gasteiger partial charge in [0.2, 0.25) is 15.8 Å². The maximum Gasteiger partial charge on any atom is 0.324 e. The molecule has 1 aromatic carbocycles. The first kappa shape index (κ1) is 20.6. The highest BCUT2D eigenvalue weighted by molar-refractivity contribution is 7.89.